The number of nitrogens with zero attached hydrogens (tertiary/aromatic N) is 1. The van der Waals surface area contributed by atoms with E-state index < -0.39 is 10.8 Å². The van der Waals surface area contributed by atoms with Gasteiger partial charge in [-0.2, -0.15) is 0 Å². The van der Waals surface area contributed by atoms with Gasteiger partial charge in [-0.1, -0.05) is 243 Å². The lowest BCUT2D eigenvalue weighted by Crippen LogP contribution is -2.28. The van der Waals surface area contributed by atoms with Gasteiger partial charge in [-0.15, -0.1) is 0 Å². The van der Waals surface area contributed by atoms with E-state index in [0.29, 0.717) is 0 Å². The highest BCUT2D eigenvalue weighted by atomic mass is 15.1. The van der Waals surface area contributed by atoms with Crippen LogP contribution >= 0.6 is 0 Å². The highest BCUT2D eigenvalue weighted by Crippen LogP contribution is 2.64. The quantitative estimate of drug-likeness (QED) is 0.154. The second-order valence-electron chi connectivity index (χ2n) is 18.6. The molecule has 0 fully saturated rings. The molecule has 0 unspecified atom stereocenters. The van der Waals surface area contributed by atoms with Crippen molar-refractivity contribution in [1.29, 1.82) is 0 Å². The predicted octanol–water partition coefficient (Wildman–Crippen LogP) is 17.2. The van der Waals surface area contributed by atoms with Crippen molar-refractivity contribution in [1.82, 2.24) is 0 Å². The molecule has 69 heavy (non-hydrogen) atoms. The Morgan fingerprint density at radius 3 is 1.22 bits per heavy atom. The number of rotatable bonds is 7. The molecule has 3 aliphatic carbocycles. The summed E-state index contributed by atoms with van der Waals surface area (Å²) in [5, 5.41) is 0. The van der Waals surface area contributed by atoms with Gasteiger partial charge in [0.1, 0.15) is 0 Å². The van der Waals surface area contributed by atoms with E-state index in [4.69, 9.17) is 0 Å². The van der Waals surface area contributed by atoms with E-state index in [1.165, 1.54) is 94.6 Å². The maximum atomic E-state index is 2.56. The van der Waals surface area contributed by atoms with Crippen LogP contribution in [0.5, 0.6) is 0 Å². The van der Waals surface area contributed by atoms with E-state index in [0.717, 1.165) is 22.6 Å². The lowest BCUT2D eigenvalue weighted by atomic mass is 9.68. The molecule has 322 valence electrons. The third-order valence-electron chi connectivity index (χ3n) is 15.4. The van der Waals surface area contributed by atoms with Crippen LogP contribution in [0.15, 0.2) is 273 Å². The van der Waals surface area contributed by atoms with Crippen molar-refractivity contribution in [3.63, 3.8) is 0 Å². The van der Waals surface area contributed by atoms with Crippen molar-refractivity contribution >= 4 is 17.1 Å². The summed E-state index contributed by atoms with van der Waals surface area (Å²) in [4.78, 5) is 2.56. The van der Waals surface area contributed by atoms with Crippen molar-refractivity contribution in [2.45, 2.75) is 10.8 Å². The van der Waals surface area contributed by atoms with Gasteiger partial charge in [-0.25, -0.2) is 0 Å². The zero-order valence-electron chi connectivity index (χ0n) is 37.9. The molecular formula is C68H45N. The topological polar surface area (TPSA) is 3.24 Å². The molecule has 0 amide bonds. The molecule has 0 radical (unpaired) electrons. The van der Waals surface area contributed by atoms with Crippen LogP contribution in [0.3, 0.4) is 0 Å². The van der Waals surface area contributed by atoms with E-state index in [1.54, 1.807) is 0 Å². The Labute approximate surface area is 403 Å². The second kappa shape index (κ2) is 15.4. The summed E-state index contributed by atoms with van der Waals surface area (Å²) >= 11 is 0. The molecule has 11 aromatic rings. The summed E-state index contributed by atoms with van der Waals surface area (Å²) in [7, 11) is 0. The summed E-state index contributed by atoms with van der Waals surface area (Å²) in [5.74, 6) is 0. The van der Waals surface area contributed by atoms with Crippen molar-refractivity contribution in [3.8, 4) is 55.6 Å². The maximum absolute atomic E-state index is 2.56. The van der Waals surface area contributed by atoms with Gasteiger partial charge in [0.2, 0.25) is 0 Å². The zero-order chi connectivity index (χ0) is 45.5. The number of hydrogen-bond donors (Lipinski definition) is 0. The van der Waals surface area contributed by atoms with Crippen LogP contribution in [-0.4, -0.2) is 0 Å². The molecule has 0 bridgehead atoms. The third-order valence-corrected chi connectivity index (χ3v) is 15.4. The first-order valence-electron chi connectivity index (χ1n) is 24.1. The van der Waals surface area contributed by atoms with E-state index in [1.807, 2.05) is 0 Å². The summed E-state index contributed by atoms with van der Waals surface area (Å²) in [6.07, 6.45) is 0. The van der Waals surface area contributed by atoms with Gasteiger partial charge in [-0.05, 0) is 125 Å². The van der Waals surface area contributed by atoms with E-state index in [-0.39, 0.29) is 0 Å². The van der Waals surface area contributed by atoms with Gasteiger partial charge in [0.25, 0.3) is 0 Å². The predicted molar refractivity (Wildman–Crippen MR) is 286 cm³/mol. The average molecular weight is 876 g/mol. The minimum atomic E-state index is -0.548. The standard InChI is InChI=1S/C68H45N/c1-4-22-46(23-5-1)52-30-10-11-31-53(52)47-24-20-29-50(44-47)69(65-41-21-40-63-66(65)58-35-15-19-39-62(58)67(63,48-25-6-2-7-26-48)49-27-8-3-9-28-49)51-42-43-57-56-34-14-18-38-61(56)68(64(57)45-51)59-36-16-12-32-54(59)55-33-13-17-37-60(55)68/h1-45H. The minimum absolute atomic E-state index is 0.488. The van der Waals surface area contributed by atoms with Crippen LogP contribution in [0.4, 0.5) is 17.1 Å². The van der Waals surface area contributed by atoms with Crippen molar-refractivity contribution < 1.29 is 0 Å². The van der Waals surface area contributed by atoms with E-state index in [9.17, 15) is 0 Å². The van der Waals surface area contributed by atoms with Crippen LogP contribution in [0.1, 0.15) is 44.5 Å². The van der Waals surface area contributed by atoms with Crippen molar-refractivity contribution in [2.24, 2.45) is 0 Å². The van der Waals surface area contributed by atoms with Crippen LogP contribution < -0.4 is 4.90 Å². The SMILES string of the molecule is c1ccc(-c2ccccc2-c2cccc(N(c3ccc4c(c3)C3(c5ccccc5-c5ccccc53)c3ccccc3-4)c3cccc4c3-c3ccccc3C4(c3ccccc3)c3ccccc3)c2)cc1. The molecule has 0 heterocycles. The van der Waals surface area contributed by atoms with Crippen LogP contribution in [0.2, 0.25) is 0 Å². The van der Waals surface area contributed by atoms with Gasteiger partial charge in [0.05, 0.1) is 16.5 Å². The Morgan fingerprint density at radius 2 is 0.638 bits per heavy atom. The third kappa shape index (κ3) is 5.53. The number of benzene rings is 11. The molecule has 0 saturated carbocycles. The molecule has 3 aliphatic rings. The Bertz CT molecular complexity index is 3690. The first-order chi connectivity index (χ1) is 34.3. The Hall–Kier alpha value is -8.78. The molecular weight excluding hydrogens is 831 g/mol. The molecule has 1 nitrogen and oxygen atoms in total. The van der Waals surface area contributed by atoms with Crippen LogP contribution in [0.25, 0.3) is 55.6 Å². The summed E-state index contributed by atoms with van der Waals surface area (Å²) in [6, 6.07) is 102. The minimum Gasteiger partial charge on any atom is -0.310 e. The lowest BCUT2D eigenvalue weighted by Gasteiger charge is -2.35. The fourth-order valence-electron chi connectivity index (χ4n) is 12.7. The summed E-state index contributed by atoms with van der Waals surface area (Å²) in [6.45, 7) is 0. The second-order valence-corrected chi connectivity index (χ2v) is 18.6. The number of anilines is 3. The fourth-order valence-corrected chi connectivity index (χ4v) is 12.7. The van der Waals surface area contributed by atoms with Crippen LogP contribution in [-0.2, 0) is 10.8 Å². The highest BCUT2D eigenvalue weighted by Gasteiger charge is 2.52. The molecule has 11 aromatic carbocycles. The summed E-state index contributed by atoms with van der Waals surface area (Å²) < 4.78 is 0. The Kier molecular flexibility index (Phi) is 8.78. The average Bonchev–Trinajstić information content (AvgIpc) is 4.02. The van der Waals surface area contributed by atoms with E-state index >= 15 is 0 Å². The molecule has 0 N–H and O–H groups in total. The number of fused-ring (bicyclic) bond motifs is 13. The van der Waals surface area contributed by atoms with Gasteiger partial charge >= 0.3 is 0 Å². The molecule has 0 aliphatic heterocycles. The van der Waals surface area contributed by atoms with Gasteiger partial charge in [0.15, 0.2) is 0 Å². The van der Waals surface area contributed by atoms with E-state index in [2.05, 4.69) is 278 Å². The molecule has 14 rings (SSSR count). The molecule has 1 heteroatoms. The summed E-state index contributed by atoms with van der Waals surface area (Å²) in [5.41, 5.74) is 25.1. The highest BCUT2D eigenvalue weighted by molar-refractivity contribution is 6.00. The molecule has 0 aromatic heterocycles. The van der Waals surface area contributed by atoms with Crippen LogP contribution in [0, 0.1) is 0 Å². The zero-order valence-corrected chi connectivity index (χ0v) is 37.9. The fraction of sp³-hybridized carbons (Fsp3) is 0.0294. The largest absolute Gasteiger partial charge is 0.310 e. The molecule has 1 spiro atoms. The van der Waals surface area contributed by atoms with Crippen molar-refractivity contribution in [3.05, 3.63) is 317 Å². The monoisotopic (exact) mass is 875 g/mol. The molecule has 0 saturated heterocycles. The maximum Gasteiger partial charge on any atom is 0.0726 e. The van der Waals surface area contributed by atoms with Gasteiger partial charge < -0.3 is 4.90 Å². The molecule has 0 atom stereocenters. The first-order valence-corrected chi connectivity index (χ1v) is 24.1. The number of hydrogen-bond acceptors (Lipinski definition) is 1. The normalized spacial score (nSPS) is 13.7. The van der Waals surface area contributed by atoms with Gasteiger partial charge in [0, 0.05) is 16.9 Å². The van der Waals surface area contributed by atoms with Crippen molar-refractivity contribution in [2.75, 3.05) is 4.90 Å². The smallest absolute Gasteiger partial charge is 0.0726 e. The Balaban J connectivity index is 1.07. The first kappa shape index (κ1) is 39.4. The van der Waals surface area contributed by atoms with Gasteiger partial charge in [-0.3, -0.25) is 0 Å². The lowest BCUT2D eigenvalue weighted by molar-refractivity contribution is 0.768. The Morgan fingerprint density at radius 1 is 0.232 bits per heavy atom.